The Morgan fingerprint density at radius 2 is 1.67 bits per heavy atom. The molecule has 2 fully saturated rings. The lowest BCUT2D eigenvalue weighted by Gasteiger charge is -2.32. The predicted octanol–water partition coefficient (Wildman–Crippen LogP) is 2.92. The number of carbonyl (C=O) groups is 1. The number of hydrogen-bond acceptors (Lipinski definition) is 2. The Morgan fingerprint density at radius 3 is 2.24 bits per heavy atom. The maximum absolute atomic E-state index is 12.4. The van der Waals surface area contributed by atoms with Crippen molar-refractivity contribution in [3.63, 3.8) is 0 Å². The molecule has 0 radical (unpaired) electrons. The molecule has 2 aliphatic rings. The van der Waals surface area contributed by atoms with Crippen LogP contribution in [0.1, 0.15) is 50.5 Å². The molecule has 4 heteroatoms. The number of benzene rings is 1. The Morgan fingerprint density at radius 1 is 1.05 bits per heavy atom. The minimum atomic E-state index is -0.620. The smallest absolute Gasteiger partial charge is 0.240 e. The van der Waals surface area contributed by atoms with Crippen molar-refractivity contribution in [3.8, 4) is 0 Å². The summed E-state index contributed by atoms with van der Waals surface area (Å²) in [6, 6.07) is 10.5. The zero-order valence-corrected chi connectivity index (χ0v) is 13.3. The van der Waals surface area contributed by atoms with Gasteiger partial charge >= 0.3 is 0 Å². The standard InChI is InChI=1S/C17H24N2O.ClH/c18-17(9-5-2-6-10-17)15(20)19-13-16(11-12-16)14-7-3-1-4-8-14;/h1,3-4,7-8H,2,5-6,9-13,18H2,(H,19,20);1H. The highest BCUT2D eigenvalue weighted by atomic mass is 35.5. The van der Waals surface area contributed by atoms with Crippen molar-refractivity contribution in [2.75, 3.05) is 6.54 Å². The molecule has 1 amide bonds. The molecule has 3 rings (SSSR count). The fraction of sp³-hybridized carbons (Fsp3) is 0.588. The second-order valence-electron chi connectivity index (χ2n) is 6.55. The van der Waals surface area contributed by atoms with Gasteiger partial charge in [-0.15, -0.1) is 12.4 Å². The molecule has 0 unspecified atom stereocenters. The van der Waals surface area contributed by atoms with E-state index in [1.165, 1.54) is 12.0 Å². The van der Waals surface area contributed by atoms with E-state index in [0.29, 0.717) is 0 Å². The first kappa shape index (κ1) is 16.3. The van der Waals surface area contributed by atoms with Crippen LogP contribution in [-0.2, 0) is 10.2 Å². The zero-order chi connectivity index (χ0) is 14.1. The lowest BCUT2D eigenvalue weighted by molar-refractivity contribution is -0.127. The molecule has 0 atom stereocenters. The topological polar surface area (TPSA) is 55.1 Å². The SMILES string of the molecule is Cl.NC1(C(=O)NCC2(c3ccccc3)CC2)CCCCC1. The van der Waals surface area contributed by atoms with Gasteiger partial charge in [-0.05, 0) is 31.2 Å². The highest BCUT2D eigenvalue weighted by molar-refractivity contribution is 5.86. The summed E-state index contributed by atoms with van der Waals surface area (Å²) in [7, 11) is 0. The first-order chi connectivity index (χ1) is 9.65. The summed E-state index contributed by atoms with van der Waals surface area (Å²) in [5.74, 6) is 0.0550. The molecule has 116 valence electrons. The maximum atomic E-state index is 12.4. The fourth-order valence-corrected chi connectivity index (χ4v) is 3.35. The molecule has 0 saturated heterocycles. The maximum Gasteiger partial charge on any atom is 0.240 e. The number of nitrogens with one attached hydrogen (secondary N) is 1. The number of amides is 1. The van der Waals surface area contributed by atoms with Gasteiger partial charge in [0, 0.05) is 12.0 Å². The van der Waals surface area contributed by atoms with Gasteiger partial charge in [0.15, 0.2) is 0 Å². The van der Waals surface area contributed by atoms with E-state index in [1.54, 1.807) is 0 Å². The Kier molecular flexibility index (Phi) is 4.95. The summed E-state index contributed by atoms with van der Waals surface area (Å²) in [5.41, 5.74) is 7.17. The molecule has 2 aliphatic carbocycles. The van der Waals surface area contributed by atoms with Crippen LogP contribution >= 0.6 is 12.4 Å². The molecule has 3 N–H and O–H groups in total. The molecule has 0 spiro atoms. The summed E-state index contributed by atoms with van der Waals surface area (Å²) in [4.78, 5) is 12.4. The van der Waals surface area contributed by atoms with Gasteiger partial charge in [0.2, 0.25) is 5.91 Å². The van der Waals surface area contributed by atoms with Gasteiger partial charge in [0.25, 0.3) is 0 Å². The average molecular weight is 309 g/mol. The van der Waals surface area contributed by atoms with Crippen molar-refractivity contribution in [2.24, 2.45) is 5.73 Å². The van der Waals surface area contributed by atoms with Crippen LogP contribution in [0.4, 0.5) is 0 Å². The highest BCUT2D eigenvalue weighted by Gasteiger charge is 2.45. The van der Waals surface area contributed by atoms with Gasteiger partial charge in [-0.1, -0.05) is 49.6 Å². The second kappa shape index (κ2) is 6.37. The lowest BCUT2D eigenvalue weighted by Crippen LogP contribution is -2.56. The number of hydrogen-bond donors (Lipinski definition) is 2. The van der Waals surface area contributed by atoms with Crippen LogP contribution in [-0.4, -0.2) is 18.0 Å². The molecule has 1 aromatic rings. The van der Waals surface area contributed by atoms with Crippen molar-refractivity contribution in [3.05, 3.63) is 35.9 Å². The first-order valence-corrected chi connectivity index (χ1v) is 7.77. The van der Waals surface area contributed by atoms with Gasteiger partial charge in [-0.2, -0.15) is 0 Å². The monoisotopic (exact) mass is 308 g/mol. The van der Waals surface area contributed by atoms with E-state index >= 15 is 0 Å². The van der Waals surface area contributed by atoms with Crippen molar-refractivity contribution < 1.29 is 4.79 Å². The minimum absolute atomic E-state index is 0. The third kappa shape index (κ3) is 3.41. The van der Waals surface area contributed by atoms with Crippen molar-refractivity contribution >= 4 is 18.3 Å². The molecule has 21 heavy (non-hydrogen) atoms. The van der Waals surface area contributed by atoms with Crippen LogP contribution in [0.5, 0.6) is 0 Å². The molecule has 1 aromatic carbocycles. The molecular weight excluding hydrogens is 284 g/mol. The Hall–Kier alpha value is -1.06. The third-order valence-electron chi connectivity index (χ3n) is 5.03. The van der Waals surface area contributed by atoms with Crippen LogP contribution < -0.4 is 11.1 Å². The molecule has 0 bridgehead atoms. The normalized spacial score (nSPS) is 22.0. The Bertz CT molecular complexity index is 479. The molecule has 0 heterocycles. The number of nitrogens with two attached hydrogens (primary N) is 1. The Labute approximate surface area is 133 Å². The van der Waals surface area contributed by atoms with E-state index in [0.717, 1.165) is 45.1 Å². The predicted molar refractivity (Wildman–Crippen MR) is 87.6 cm³/mol. The van der Waals surface area contributed by atoms with E-state index in [4.69, 9.17) is 5.73 Å². The number of rotatable bonds is 4. The van der Waals surface area contributed by atoms with Crippen molar-refractivity contribution in [1.29, 1.82) is 0 Å². The summed E-state index contributed by atoms with van der Waals surface area (Å²) in [6.07, 6.45) is 7.35. The van der Waals surface area contributed by atoms with E-state index in [-0.39, 0.29) is 23.7 Å². The van der Waals surface area contributed by atoms with Crippen LogP contribution in [0.3, 0.4) is 0 Å². The van der Waals surface area contributed by atoms with Gasteiger partial charge in [-0.25, -0.2) is 0 Å². The summed E-state index contributed by atoms with van der Waals surface area (Å²) in [6.45, 7) is 0.731. The van der Waals surface area contributed by atoms with Crippen LogP contribution in [0.25, 0.3) is 0 Å². The van der Waals surface area contributed by atoms with E-state index < -0.39 is 5.54 Å². The summed E-state index contributed by atoms with van der Waals surface area (Å²) in [5, 5.41) is 3.13. The van der Waals surface area contributed by atoms with Gasteiger partial charge in [-0.3, -0.25) is 4.79 Å². The first-order valence-electron chi connectivity index (χ1n) is 7.77. The van der Waals surface area contributed by atoms with Gasteiger partial charge in [0.05, 0.1) is 5.54 Å². The molecular formula is C17H25ClN2O. The van der Waals surface area contributed by atoms with Crippen molar-refractivity contribution in [1.82, 2.24) is 5.32 Å². The summed E-state index contributed by atoms with van der Waals surface area (Å²) >= 11 is 0. The minimum Gasteiger partial charge on any atom is -0.354 e. The highest BCUT2D eigenvalue weighted by Crippen LogP contribution is 2.47. The number of halogens is 1. The fourth-order valence-electron chi connectivity index (χ4n) is 3.35. The quantitative estimate of drug-likeness (QED) is 0.898. The van der Waals surface area contributed by atoms with Crippen LogP contribution in [0.15, 0.2) is 30.3 Å². The van der Waals surface area contributed by atoms with Crippen LogP contribution in [0, 0.1) is 0 Å². The lowest BCUT2D eigenvalue weighted by atomic mass is 9.81. The van der Waals surface area contributed by atoms with Crippen LogP contribution in [0.2, 0.25) is 0 Å². The molecule has 2 saturated carbocycles. The van der Waals surface area contributed by atoms with Gasteiger partial charge < -0.3 is 11.1 Å². The zero-order valence-electron chi connectivity index (χ0n) is 12.4. The molecule has 0 aliphatic heterocycles. The molecule has 3 nitrogen and oxygen atoms in total. The van der Waals surface area contributed by atoms with E-state index in [1.807, 2.05) is 6.07 Å². The summed E-state index contributed by atoms with van der Waals surface area (Å²) < 4.78 is 0. The average Bonchev–Trinajstić information content (AvgIpc) is 3.28. The second-order valence-corrected chi connectivity index (χ2v) is 6.55. The third-order valence-corrected chi connectivity index (χ3v) is 5.03. The van der Waals surface area contributed by atoms with Gasteiger partial charge in [0.1, 0.15) is 0 Å². The van der Waals surface area contributed by atoms with E-state index in [9.17, 15) is 4.79 Å². The van der Waals surface area contributed by atoms with Crippen molar-refractivity contribution in [2.45, 2.75) is 55.9 Å². The van der Waals surface area contributed by atoms with E-state index in [2.05, 4.69) is 29.6 Å². The largest absolute Gasteiger partial charge is 0.354 e. The number of carbonyl (C=O) groups excluding carboxylic acids is 1. The Balaban J connectivity index is 0.00000161. The molecule has 0 aromatic heterocycles.